The van der Waals surface area contributed by atoms with Gasteiger partial charge in [-0.15, -0.1) is 0 Å². The van der Waals surface area contributed by atoms with Gasteiger partial charge in [-0.3, -0.25) is 4.79 Å². The quantitative estimate of drug-likeness (QED) is 0.751. The van der Waals surface area contributed by atoms with E-state index in [1.165, 1.54) is 0 Å². The molecule has 3 heterocycles. The number of fused-ring (bicyclic) bond motifs is 1. The third-order valence-corrected chi connectivity index (χ3v) is 5.28. The smallest absolute Gasteiger partial charge is 0.259 e. The van der Waals surface area contributed by atoms with Gasteiger partial charge >= 0.3 is 0 Å². The Morgan fingerprint density at radius 1 is 1.14 bits per heavy atom. The van der Waals surface area contributed by atoms with E-state index in [2.05, 4.69) is 15.4 Å². The fourth-order valence-corrected chi connectivity index (χ4v) is 3.83. The molecule has 7 heteroatoms. The van der Waals surface area contributed by atoms with Crippen molar-refractivity contribution in [1.29, 1.82) is 0 Å². The largest absolute Gasteiger partial charge is 0.448 e. The lowest BCUT2D eigenvalue weighted by atomic mass is 10.2. The second-order valence-corrected chi connectivity index (χ2v) is 7.18. The van der Waals surface area contributed by atoms with E-state index in [9.17, 15) is 4.79 Å². The molecule has 142 valence electrons. The van der Waals surface area contributed by atoms with Crippen molar-refractivity contribution in [3.05, 3.63) is 60.0 Å². The fraction of sp³-hybridized carbons (Fsp3) is 0.286. The Kier molecular flexibility index (Phi) is 3.82. The Bertz CT molecular complexity index is 1040. The summed E-state index contributed by atoms with van der Waals surface area (Å²) in [7, 11) is 0. The van der Waals surface area contributed by atoms with Crippen LogP contribution in [0.2, 0.25) is 0 Å². The Hall–Kier alpha value is -3.35. The summed E-state index contributed by atoms with van der Waals surface area (Å²) in [5.74, 6) is 1.35. The number of ether oxygens (including phenoxy) is 2. The zero-order chi connectivity index (χ0) is 19.1. The molecule has 1 aliphatic carbocycles. The third-order valence-electron chi connectivity index (χ3n) is 5.28. The highest BCUT2D eigenvalue weighted by Crippen LogP contribution is 2.47. The van der Waals surface area contributed by atoms with Crippen LogP contribution in [0, 0.1) is 6.92 Å². The van der Waals surface area contributed by atoms with Gasteiger partial charge in [0.25, 0.3) is 11.7 Å². The van der Waals surface area contributed by atoms with Gasteiger partial charge in [-0.1, -0.05) is 6.07 Å². The molecule has 28 heavy (non-hydrogen) atoms. The highest BCUT2D eigenvalue weighted by molar-refractivity contribution is 6.05. The first-order valence-electron chi connectivity index (χ1n) is 9.43. The molecule has 1 amide bonds. The molecule has 1 N–H and O–H groups in total. The second-order valence-electron chi connectivity index (χ2n) is 7.18. The summed E-state index contributed by atoms with van der Waals surface area (Å²) < 4.78 is 13.7. The van der Waals surface area contributed by atoms with E-state index < -0.39 is 5.79 Å². The summed E-state index contributed by atoms with van der Waals surface area (Å²) in [4.78, 5) is 17.1. The first-order valence-corrected chi connectivity index (χ1v) is 9.43. The third kappa shape index (κ3) is 2.79. The van der Waals surface area contributed by atoms with Crippen LogP contribution >= 0.6 is 0 Å². The zero-order valence-electron chi connectivity index (χ0n) is 15.5. The summed E-state index contributed by atoms with van der Waals surface area (Å²) in [6.07, 6.45) is 7.26. The monoisotopic (exact) mass is 376 g/mol. The number of benzene rings is 1. The van der Waals surface area contributed by atoms with Crippen LogP contribution in [0.1, 0.15) is 41.7 Å². The van der Waals surface area contributed by atoms with Crippen molar-refractivity contribution in [2.45, 2.75) is 38.4 Å². The van der Waals surface area contributed by atoms with E-state index in [1.54, 1.807) is 17.1 Å². The van der Waals surface area contributed by atoms with Gasteiger partial charge in [0.1, 0.15) is 0 Å². The van der Waals surface area contributed by atoms with Crippen LogP contribution in [0.25, 0.3) is 5.82 Å². The van der Waals surface area contributed by atoms with Gasteiger partial charge in [0.15, 0.2) is 17.3 Å². The lowest BCUT2D eigenvalue weighted by molar-refractivity contribution is -0.0716. The van der Waals surface area contributed by atoms with Crippen LogP contribution in [-0.4, -0.2) is 26.5 Å². The standard InChI is InChI=1S/C21H20N4O3/c1-14-16(13-23-25(14)19-6-2-5-11-22-19)20(26)24-15-7-8-17-18(12-15)28-21(27-17)9-3-4-10-21/h2,5-8,11-13H,3-4,9-10H2,1H3,(H,24,26). The van der Waals surface area contributed by atoms with Crippen molar-refractivity contribution in [1.82, 2.24) is 14.8 Å². The molecule has 0 radical (unpaired) electrons. The van der Waals surface area contributed by atoms with Crippen molar-refractivity contribution in [2.75, 3.05) is 5.32 Å². The fourth-order valence-electron chi connectivity index (χ4n) is 3.83. The van der Waals surface area contributed by atoms with E-state index in [0.29, 0.717) is 22.8 Å². The number of anilines is 1. The maximum absolute atomic E-state index is 12.8. The normalized spacial score (nSPS) is 16.5. The molecule has 2 aromatic heterocycles. The Labute approximate surface area is 162 Å². The van der Waals surface area contributed by atoms with E-state index in [-0.39, 0.29) is 5.91 Å². The van der Waals surface area contributed by atoms with Gasteiger partial charge in [0, 0.05) is 30.8 Å². The van der Waals surface area contributed by atoms with E-state index in [4.69, 9.17) is 9.47 Å². The molecule has 7 nitrogen and oxygen atoms in total. The van der Waals surface area contributed by atoms with Gasteiger partial charge in [-0.05, 0) is 44.0 Å². The summed E-state index contributed by atoms with van der Waals surface area (Å²) in [6, 6.07) is 11.1. The number of carbonyl (C=O) groups excluding carboxylic acids is 1. The number of amides is 1. The number of pyridine rings is 1. The molecular weight excluding hydrogens is 356 g/mol. The first kappa shape index (κ1) is 16.8. The summed E-state index contributed by atoms with van der Waals surface area (Å²) in [5, 5.41) is 7.23. The number of aromatic nitrogens is 3. The van der Waals surface area contributed by atoms with Gasteiger partial charge in [-0.2, -0.15) is 5.10 Å². The molecular formula is C21H20N4O3. The van der Waals surface area contributed by atoms with Crippen LogP contribution in [0.3, 0.4) is 0 Å². The minimum Gasteiger partial charge on any atom is -0.448 e. The predicted molar refractivity (Wildman–Crippen MR) is 103 cm³/mol. The zero-order valence-corrected chi connectivity index (χ0v) is 15.5. The van der Waals surface area contributed by atoms with E-state index >= 15 is 0 Å². The average Bonchev–Trinajstić information content (AvgIpc) is 3.41. The van der Waals surface area contributed by atoms with Crippen molar-refractivity contribution in [3.8, 4) is 17.3 Å². The lowest BCUT2D eigenvalue weighted by Crippen LogP contribution is -2.34. The number of nitrogens with zero attached hydrogens (tertiary/aromatic N) is 3. The molecule has 1 fully saturated rings. The lowest BCUT2D eigenvalue weighted by Gasteiger charge is -2.21. The van der Waals surface area contributed by atoms with Crippen molar-refractivity contribution in [3.63, 3.8) is 0 Å². The molecule has 2 aliphatic rings. The SMILES string of the molecule is Cc1c(C(=O)Nc2ccc3c(c2)OC2(CCCC2)O3)cnn1-c1ccccn1. The predicted octanol–water partition coefficient (Wildman–Crippen LogP) is 3.87. The highest BCUT2D eigenvalue weighted by Gasteiger charge is 2.44. The Morgan fingerprint density at radius 3 is 2.75 bits per heavy atom. The number of rotatable bonds is 3. The number of hydrogen-bond acceptors (Lipinski definition) is 5. The molecule has 3 aromatic rings. The molecule has 1 aromatic carbocycles. The number of nitrogens with one attached hydrogen (secondary N) is 1. The summed E-state index contributed by atoms with van der Waals surface area (Å²) >= 11 is 0. The topological polar surface area (TPSA) is 78.3 Å². The van der Waals surface area contributed by atoms with Crippen LogP contribution in [0.5, 0.6) is 11.5 Å². The number of carbonyl (C=O) groups is 1. The Morgan fingerprint density at radius 2 is 1.96 bits per heavy atom. The summed E-state index contributed by atoms with van der Waals surface area (Å²) in [5.41, 5.74) is 1.88. The molecule has 1 spiro atoms. The van der Waals surface area contributed by atoms with Crippen molar-refractivity contribution >= 4 is 11.6 Å². The minimum atomic E-state index is -0.509. The van der Waals surface area contributed by atoms with E-state index in [0.717, 1.165) is 37.1 Å². The van der Waals surface area contributed by atoms with Crippen molar-refractivity contribution < 1.29 is 14.3 Å². The van der Waals surface area contributed by atoms with Crippen LogP contribution in [-0.2, 0) is 0 Å². The molecule has 0 bridgehead atoms. The van der Waals surface area contributed by atoms with Crippen LogP contribution < -0.4 is 14.8 Å². The molecule has 1 saturated carbocycles. The van der Waals surface area contributed by atoms with Gasteiger partial charge < -0.3 is 14.8 Å². The van der Waals surface area contributed by atoms with Gasteiger partial charge in [0.2, 0.25) is 0 Å². The van der Waals surface area contributed by atoms with E-state index in [1.807, 2.05) is 43.3 Å². The molecule has 0 unspecified atom stereocenters. The second kappa shape index (κ2) is 6.37. The average molecular weight is 376 g/mol. The van der Waals surface area contributed by atoms with Crippen LogP contribution in [0.15, 0.2) is 48.8 Å². The van der Waals surface area contributed by atoms with Crippen LogP contribution in [0.4, 0.5) is 5.69 Å². The molecule has 1 aliphatic heterocycles. The maximum atomic E-state index is 12.8. The minimum absolute atomic E-state index is 0.228. The van der Waals surface area contributed by atoms with Crippen molar-refractivity contribution in [2.24, 2.45) is 0 Å². The summed E-state index contributed by atoms with van der Waals surface area (Å²) in [6.45, 7) is 1.85. The Balaban J connectivity index is 1.35. The highest BCUT2D eigenvalue weighted by atomic mass is 16.7. The van der Waals surface area contributed by atoms with Gasteiger partial charge in [-0.25, -0.2) is 9.67 Å². The number of hydrogen-bond donors (Lipinski definition) is 1. The maximum Gasteiger partial charge on any atom is 0.259 e. The molecule has 5 rings (SSSR count). The van der Waals surface area contributed by atoms with Gasteiger partial charge in [0.05, 0.1) is 17.5 Å². The first-order chi connectivity index (χ1) is 13.6. The molecule has 0 atom stereocenters. The molecule has 0 saturated heterocycles.